The lowest BCUT2D eigenvalue weighted by Crippen LogP contribution is -2.30. The number of aromatic hydroxyl groups is 1. The quantitative estimate of drug-likeness (QED) is 0.680. The highest BCUT2D eigenvalue weighted by Crippen LogP contribution is 2.34. The molecule has 2 unspecified atom stereocenters. The molecule has 0 aromatic heterocycles. The molecule has 2 aromatic rings. The molecule has 22 heavy (non-hydrogen) atoms. The normalized spacial score (nSPS) is 15.9. The zero-order valence-electron chi connectivity index (χ0n) is 12.4. The molecule has 0 radical (unpaired) electrons. The van der Waals surface area contributed by atoms with Crippen LogP contribution in [0.1, 0.15) is 16.7 Å². The average molecular weight is 299 g/mol. The number of hydrogen-bond acceptors (Lipinski definition) is 4. The minimum absolute atomic E-state index is 0.243. The van der Waals surface area contributed by atoms with Gasteiger partial charge in [-0.3, -0.25) is 0 Å². The topological polar surface area (TPSA) is 72.7 Å². The van der Waals surface area contributed by atoms with Gasteiger partial charge < -0.3 is 20.6 Å². The summed E-state index contributed by atoms with van der Waals surface area (Å²) in [5.41, 5.74) is 3.53. The van der Waals surface area contributed by atoms with Crippen molar-refractivity contribution in [2.45, 2.75) is 31.5 Å². The summed E-state index contributed by atoms with van der Waals surface area (Å²) in [6.07, 6.45) is -0.327. The van der Waals surface area contributed by atoms with Gasteiger partial charge in [0.05, 0.1) is 12.2 Å². The summed E-state index contributed by atoms with van der Waals surface area (Å²) in [4.78, 5) is 0. The van der Waals surface area contributed by atoms with E-state index in [1.807, 2.05) is 42.5 Å². The maximum atomic E-state index is 10.3. The van der Waals surface area contributed by atoms with Gasteiger partial charge in [0, 0.05) is 30.6 Å². The van der Waals surface area contributed by atoms with Gasteiger partial charge in [0.25, 0.3) is 0 Å². The van der Waals surface area contributed by atoms with Crippen molar-refractivity contribution in [2.24, 2.45) is 0 Å². The number of fused-ring (bicyclic) bond motifs is 1. The standard InChI is InChI=1S/C18H21NO3/c20-16(10-12-4-2-1-3-5-12)17(21)11-13-6-7-15-14(18(13)22)8-9-19-15/h1-7,16-17,19-22H,8-11H2. The molecule has 0 saturated heterocycles. The van der Waals surface area contributed by atoms with E-state index < -0.39 is 12.2 Å². The van der Waals surface area contributed by atoms with E-state index in [0.29, 0.717) is 12.0 Å². The third-order valence-electron chi connectivity index (χ3n) is 4.22. The Hall–Kier alpha value is -2.04. The fourth-order valence-corrected chi connectivity index (χ4v) is 2.94. The Balaban J connectivity index is 1.68. The van der Waals surface area contributed by atoms with E-state index in [9.17, 15) is 15.3 Å². The molecule has 0 aliphatic carbocycles. The molecular formula is C18H21NO3. The van der Waals surface area contributed by atoms with Crippen molar-refractivity contribution in [1.82, 2.24) is 0 Å². The Morgan fingerprint density at radius 1 is 0.955 bits per heavy atom. The molecule has 0 spiro atoms. The summed E-state index contributed by atoms with van der Waals surface area (Å²) in [7, 11) is 0. The lowest BCUT2D eigenvalue weighted by molar-refractivity contribution is 0.0203. The molecule has 1 aliphatic rings. The van der Waals surface area contributed by atoms with Gasteiger partial charge >= 0.3 is 0 Å². The zero-order valence-corrected chi connectivity index (χ0v) is 12.4. The third-order valence-corrected chi connectivity index (χ3v) is 4.22. The van der Waals surface area contributed by atoms with E-state index >= 15 is 0 Å². The maximum absolute atomic E-state index is 10.3. The van der Waals surface area contributed by atoms with Gasteiger partial charge in [-0.15, -0.1) is 0 Å². The van der Waals surface area contributed by atoms with Crippen molar-refractivity contribution in [1.29, 1.82) is 0 Å². The van der Waals surface area contributed by atoms with Gasteiger partial charge in [-0.1, -0.05) is 36.4 Å². The van der Waals surface area contributed by atoms with E-state index in [-0.39, 0.29) is 12.2 Å². The van der Waals surface area contributed by atoms with Crippen LogP contribution in [-0.4, -0.2) is 34.1 Å². The maximum Gasteiger partial charge on any atom is 0.124 e. The van der Waals surface area contributed by atoms with Crippen molar-refractivity contribution < 1.29 is 15.3 Å². The van der Waals surface area contributed by atoms with Gasteiger partial charge in [-0.2, -0.15) is 0 Å². The second-order valence-electron chi connectivity index (χ2n) is 5.80. The summed E-state index contributed by atoms with van der Waals surface area (Å²) < 4.78 is 0. The van der Waals surface area contributed by atoms with E-state index in [0.717, 1.165) is 29.8 Å². The lowest BCUT2D eigenvalue weighted by atomic mass is 9.96. The van der Waals surface area contributed by atoms with Crippen LogP contribution in [0.15, 0.2) is 42.5 Å². The SMILES string of the molecule is Oc1c(CC(O)C(O)Cc2ccccc2)ccc2c1CCN2. The Kier molecular flexibility index (Phi) is 4.32. The number of nitrogens with one attached hydrogen (secondary N) is 1. The van der Waals surface area contributed by atoms with E-state index in [2.05, 4.69) is 5.32 Å². The molecule has 4 heteroatoms. The molecule has 4 N–H and O–H groups in total. The van der Waals surface area contributed by atoms with Crippen molar-refractivity contribution >= 4 is 5.69 Å². The van der Waals surface area contributed by atoms with Gasteiger partial charge in [-0.25, -0.2) is 0 Å². The van der Waals surface area contributed by atoms with Crippen molar-refractivity contribution in [3.63, 3.8) is 0 Å². The second kappa shape index (κ2) is 6.38. The third kappa shape index (κ3) is 3.08. The number of hydrogen-bond donors (Lipinski definition) is 4. The Morgan fingerprint density at radius 2 is 1.68 bits per heavy atom. The highest BCUT2D eigenvalue weighted by Gasteiger charge is 2.22. The van der Waals surface area contributed by atoms with Crippen LogP contribution in [0, 0.1) is 0 Å². The van der Waals surface area contributed by atoms with Crippen molar-refractivity contribution in [2.75, 3.05) is 11.9 Å². The van der Waals surface area contributed by atoms with Crippen LogP contribution < -0.4 is 5.32 Å². The summed E-state index contributed by atoms with van der Waals surface area (Å²) in [5, 5.41) is 33.9. The summed E-state index contributed by atoms with van der Waals surface area (Å²) in [5.74, 6) is 0.244. The van der Waals surface area contributed by atoms with Gasteiger partial charge in [0.2, 0.25) is 0 Å². The molecule has 116 valence electrons. The largest absolute Gasteiger partial charge is 0.507 e. The van der Waals surface area contributed by atoms with Crippen LogP contribution in [0.2, 0.25) is 0 Å². The van der Waals surface area contributed by atoms with Crippen LogP contribution in [0.4, 0.5) is 5.69 Å². The molecule has 0 amide bonds. The first-order valence-corrected chi connectivity index (χ1v) is 7.63. The molecule has 1 heterocycles. The lowest BCUT2D eigenvalue weighted by Gasteiger charge is -2.19. The van der Waals surface area contributed by atoms with Crippen LogP contribution in [0.5, 0.6) is 5.75 Å². The molecule has 1 aliphatic heterocycles. The molecule has 2 atom stereocenters. The minimum atomic E-state index is -0.904. The van der Waals surface area contributed by atoms with Crippen LogP contribution in [0.3, 0.4) is 0 Å². The molecule has 0 saturated carbocycles. The number of benzene rings is 2. The van der Waals surface area contributed by atoms with Crippen molar-refractivity contribution in [3.8, 4) is 5.75 Å². The molecular weight excluding hydrogens is 278 g/mol. The summed E-state index contributed by atoms with van der Waals surface area (Å²) in [6.45, 7) is 0.825. The Bertz CT molecular complexity index is 642. The highest BCUT2D eigenvalue weighted by molar-refractivity contribution is 5.63. The van der Waals surface area contributed by atoms with E-state index in [4.69, 9.17) is 0 Å². The fraction of sp³-hybridized carbons (Fsp3) is 0.333. The van der Waals surface area contributed by atoms with E-state index in [1.54, 1.807) is 0 Å². The number of anilines is 1. The molecule has 3 rings (SSSR count). The molecule has 0 fully saturated rings. The van der Waals surface area contributed by atoms with E-state index in [1.165, 1.54) is 0 Å². The first-order valence-electron chi connectivity index (χ1n) is 7.63. The molecule has 0 bridgehead atoms. The Morgan fingerprint density at radius 3 is 2.45 bits per heavy atom. The Labute approximate surface area is 130 Å². The van der Waals surface area contributed by atoms with Crippen LogP contribution in [-0.2, 0) is 19.3 Å². The predicted octanol–water partition coefficient (Wildman–Crippen LogP) is 1.87. The first-order chi connectivity index (χ1) is 10.6. The summed E-state index contributed by atoms with van der Waals surface area (Å²) >= 11 is 0. The van der Waals surface area contributed by atoms with Crippen molar-refractivity contribution in [3.05, 3.63) is 59.2 Å². The number of phenols is 1. The van der Waals surface area contributed by atoms with Gasteiger partial charge in [-0.05, 0) is 23.6 Å². The monoisotopic (exact) mass is 299 g/mol. The smallest absolute Gasteiger partial charge is 0.124 e. The predicted molar refractivity (Wildman–Crippen MR) is 86.2 cm³/mol. The number of phenolic OH excluding ortho intramolecular Hbond substituents is 1. The number of aliphatic hydroxyl groups is 2. The van der Waals surface area contributed by atoms with Crippen LogP contribution in [0.25, 0.3) is 0 Å². The fourth-order valence-electron chi connectivity index (χ4n) is 2.94. The minimum Gasteiger partial charge on any atom is -0.507 e. The molecule has 4 nitrogen and oxygen atoms in total. The van der Waals surface area contributed by atoms with Gasteiger partial charge in [0.1, 0.15) is 5.75 Å². The number of aliphatic hydroxyl groups excluding tert-OH is 2. The second-order valence-corrected chi connectivity index (χ2v) is 5.80. The van der Waals surface area contributed by atoms with Gasteiger partial charge in [0.15, 0.2) is 0 Å². The highest BCUT2D eigenvalue weighted by atomic mass is 16.3. The molecule has 2 aromatic carbocycles. The number of rotatable bonds is 5. The average Bonchev–Trinajstić information content (AvgIpc) is 3.00. The summed E-state index contributed by atoms with van der Waals surface area (Å²) in [6, 6.07) is 13.3. The first kappa shape index (κ1) is 14.9. The van der Waals surface area contributed by atoms with Crippen LogP contribution >= 0.6 is 0 Å². The zero-order chi connectivity index (χ0) is 15.5.